The number of esters is 1. The summed E-state index contributed by atoms with van der Waals surface area (Å²) in [6.07, 6.45) is 4.37. The number of phenolic OH excluding ortho intramolecular Hbond substituents is 1. The van der Waals surface area contributed by atoms with Gasteiger partial charge in [-0.15, -0.1) is 0 Å². The summed E-state index contributed by atoms with van der Waals surface area (Å²) in [7, 11) is 0. The molecule has 0 aromatic heterocycles. The van der Waals surface area contributed by atoms with Crippen molar-refractivity contribution in [2.45, 2.75) is 25.7 Å². The van der Waals surface area contributed by atoms with Crippen molar-refractivity contribution in [1.82, 2.24) is 0 Å². The number of benzene rings is 3. The van der Waals surface area contributed by atoms with Crippen LogP contribution in [0.25, 0.3) is 10.8 Å². The average Bonchev–Trinajstić information content (AvgIpc) is 2.70. The van der Waals surface area contributed by atoms with E-state index in [2.05, 4.69) is 0 Å². The van der Waals surface area contributed by atoms with Gasteiger partial charge in [0.1, 0.15) is 11.3 Å². The van der Waals surface area contributed by atoms with E-state index in [4.69, 9.17) is 4.74 Å². The van der Waals surface area contributed by atoms with Crippen LogP contribution in [-0.4, -0.2) is 23.5 Å². The minimum atomic E-state index is -0.704. The first-order chi connectivity index (χ1) is 13.1. The van der Waals surface area contributed by atoms with Gasteiger partial charge in [-0.05, 0) is 65.8 Å². The van der Waals surface area contributed by atoms with Crippen LogP contribution in [0.1, 0.15) is 44.7 Å². The van der Waals surface area contributed by atoms with Crippen molar-refractivity contribution in [2.75, 3.05) is 6.61 Å². The molecule has 0 atom stereocenters. The summed E-state index contributed by atoms with van der Waals surface area (Å²) in [5.74, 6) is -1.10. The van der Waals surface area contributed by atoms with E-state index in [9.17, 15) is 14.7 Å². The van der Waals surface area contributed by atoms with Crippen LogP contribution in [0.5, 0.6) is 5.75 Å². The van der Waals surface area contributed by atoms with Crippen LogP contribution in [-0.2, 0) is 17.6 Å². The second-order valence-corrected chi connectivity index (χ2v) is 6.91. The van der Waals surface area contributed by atoms with E-state index in [1.54, 1.807) is 12.1 Å². The average molecular weight is 360 g/mol. The predicted octanol–water partition coefficient (Wildman–Crippen LogP) is 4.46. The monoisotopic (exact) mass is 360 g/mol. The Balaban J connectivity index is 1.47. The number of ether oxygens (including phenoxy) is 1. The zero-order chi connectivity index (χ0) is 18.8. The largest absolute Gasteiger partial charge is 0.507 e. The van der Waals surface area contributed by atoms with Crippen LogP contribution in [0.4, 0.5) is 0 Å². The molecular weight excluding hydrogens is 340 g/mol. The molecule has 0 amide bonds. The normalized spacial score (nSPS) is 13.2. The van der Waals surface area contributed by atoms with Gasteiger partial charge >= 0.3 is 5.97 Å². The van der Waals surface area contributed by atoms with Gasteiger partial charge in [0.15, 0.2) is 12.4 Å². The van der Waals surface area contributed by atoms with Crippen LogP contribution in [0.2, 0.25) is 0 Å². The van der Waals surface area contributed by atoms with Gasteiger partial charge in [0, 0.05) is 5.56 Å². The third kappa shape index (κ3) is 3.56. The molecule has 1 aliphatic rings. The number of phenols is 1. The molecule has 0 spiro atoms. The molecule has 4 rings (SSSR count). The fourth-order valence-electron chi connectivity index (χ4n) is 3.59. The molecule has 0 saturated carbocycles. The molecule has 27 heavy (non-hydrogen) atoms. The SMILES string of the molecule is O=C(COC(=O)c1cc2ccccc2cc1O)c1ccc2c(c1)CCCC2. The second kappa shape index (κ2) is 7.23. The maximum atomic E-state index is 12.4. The van der Waals surface area contributed by atoms with Crippen LogP contribution in [0, 0.1) is 0 Å². The summed E-state index contributed by atoms with van der Waals surface area (Å²) in [6.45, 7) is -0.343. The lowest BCUT2D eigenvalue weighted by Crippen LogP contribution is -2.15. The lowest BCUT2D eigenvalue weighted by atomic mass is 9.90. The van der Waals surface area contributed by atoms with Crippen molar-refractivity contribution in [3.8, 4) is 5.75 Å². The van der Waals surface area contributed by atoms with E-state index in [0.717, 1.165) is 30.0 Å². The molecule has 4 nitrogen and oxygen atoms in total. The molecule has 0 radical (unpaired) electrons. The first-order valence-corrected chi connectivity index (χ1v) is 9.16. The molecule has 3 aromatic rings. The summed E-state index contributed by atoms with van der Waals surface area (Å²) in [6, 6.07) is 16.2. The highest BCUT2D eigenvalue weighted by Gasteiger charge is 2.17. The van der Waals surface area contributed by atoms with Crippen molar-refractivity contribution in [2.24, 2.45) is 0 Å². The molecule has 0 heterocycles. The first kappa shape index (κ1) is 17.3. The van der Waals surface area contributed by atoms with E-state index in [1.807, 2.05) is 36.4 Å². The van der Waals surface area contributed by atoms with Gasteiger partial charge in [-0.2, -0.15) is 0 Å². The molecule has 3 aromatic carbocycles. The fraction of sp³-hybridized carbons (Fsp3) is 0.217. The van der Waals surface area contributed by atoms with Crippen molar-refractivity contribution in [1.29, 1.82) is 0 Å². The highest BCUT2D eigenvalue weighted by atomic mass is 16.5. The summed E-state index contributed by atoms with van der Waals surface area (Å²) in [5.41, 5.74) is 3.14. The number of carbonyl (C=O) groups is 2. The lowest BCUT2D eigenvalue weighted by Gasteiger charge is -2.16. The number of Topliss-reactive ketones (excluding diaryl/α,β-unsaturated/α-hetero) is 1. The van der Waals surface area contributed by atoms with Gasteiger partial charge in [0.25, 0.3) is 0 Å². The Morgan fingerprint density at radius 1 is 0.889 bits per heavy atom. The molecule has 4 heteroatoms. The molecule has 0 saturated heterocycles. The van der Waals surface area contributed by atoms with E-state index in [1.165, 1.54) is 23.6 Å². The van der Waals surface area contributed by atoms with Gasteiger partial charge < -0.3 is 9.84 Å². The van der Waals surface area contributed by atoms with Gasteiger partial charge in [-0.25, -0.2) is 4.79 Å². The van der Waals surface area contributed by atoms with Gasteiger partial charge in [0.2, 0.25) is 0 Å². The Kier molecular flexibility index (Phi) is 4.63. The lowest BCUT2D eigenvalue weighted by molar-refractivity contribution is 0.0472. The summed E-state index contributed by atoms with van der Waals surface area (Å²) >= 11 is 0. The number of hydrogen-bond acceptors (Lipinski definition) is 4. The Bertz CT molecular complexity index is 1040. The Labute approximate surface area is 157 Å². The quantitative estimate of drug-likeness (QED) is 0.551. The summed E-state index contributed by atoms with van der Waals surface area (Å²) in [4.78, 5) is 24.8. The van der Waals surface area contributed by atoms with E-state index >= 15 is 0 Å². The molecule has 0 unspecified atom stereocenters. The Morgan fingerprint density at radius 3 is 2.37 bits per heavy atom. The van der Waals surface area contributed by atoms with Crippen molar-refractivity contribution < 1.29 is 19.4 Å². The molecule has 0 aliphatic heterocycles. The number of carbonyl (C=O) groups excluding carboxylic acids is 2. The zero-order valence-electron chi connectivity index (χ0n) is 14.9. The summed E-state index contributed by atoms with van der Waals surface area (Å²) in [5, 5.41) is 11.8. The number of hydrogen-bond donors (Lipinski definition) is 1. The van der Waals surface area contributed by atoms with Crippen LogP contribution < -0.4 is 0 Å². The van der Waals surface area contributed by atoms with Gasteiger partial charge in [0.05, 0.1) is 0 Å². The van der Waals surface area contributed by atoms with Crippen LogP contribution >= 0.6 is 0 Å². The maximum absolute atomic E-state index is 12.4. The topological polar surface area (TPSA) is 63.6 Å². The second-order valence-electron chi connectivity index (χ2n) is 6.91. The summed E-state index contributed by atoms with van der Waals surface area (Å²) < 4.78 is 5.17. The molecule has 0 bridgehead atoms. The molecular formula is C23H20O4. The number of rotatable bonds is 4. The van der Waals surface area contributed by atoms with Crippen molar-refractivity contribution >= 4 is 22.5 Å². The molecule has 1 aliphatic carbocycles. The van der Waals surface area contributed by atoms with Crippen LogP contribution in [0.15, 0.2) is 54.6 Å². The number of ketones is 1. The standard InChI is InChI=1S/C23H20O4/c24-21-13-18-8-4-3-7-17(18)12-20(21)23(26)27-14-22(25)19-10-9-15-5-1-2-6-16(15)11-19/h3-4,7-13,24H,1-2,5-6,14H2. The maximum Gasteiger partial charge on any atom is 0.342 e. The van der Waals surface area contributed by atoms with E-state index in [0.29, 0.717) is 5.56 Å². The van der Waals surface area contributed by atoms with Gasteiger partial charge in [-0.3, -0.25) is 4.79 Å². The van der Waals surface area contributed by atoms with Crippen LogP contribution in [0.3, 0.4) is 0 Å². The fourth-order valence-corrected chi connectivity index (χ4v) is 3.59. The molecule has 1 N–H and O–H groups in total. The molecule has 136 valence electrons. The van der Waals surface area contributed by atoms with Gasteiger partial charge in [-0.1, -0.05) is 36.4 Å². The predicted molar refractivity (Wildman–Crippen MR) is 103 cm³/mol. The zero-order valence-corrected chi connectivity index (χ0v) is 14.9. The minimum absolute atomic E-state index is 0.0620. The third-order valence-electron chi connectivity index (χ3n) is 5.09. The molecule has 0 fully saturated rings. The third-order valence-corrected chi connectivity index (χ3v) is 5.09. The van der Waals surface area contributed by atoms with E-state index < -0.39 is 5.97 Å². The highest BCUT2D eigenvalue weighted by molar-refractivity contribution is 6.02. The Morgan fingerprint density at radius 2 is 1.59 bits per heavy atom. The van der Waals surface area contributed by atoms with Crippen molar-refractivity contribution in [3.05, 3.63) is 76.9 Å². The highest BCUT2D eigenvalue weighted by Crippen LogP contribution is 2.26. The van der Waals surface area contributed by atoms with E-state index in [-0.39, 0.29) is 23.7 Å². The Hall–Kier alpha value is -3.14. The smallest absolute Gasteiger partial charge is 0.342 e. The number of aryl methyl sites for hydroxylation is 2. The number of fused-ring (bicyclic) bond motifs is 2. The minimum Gasteiger partial charge on any atom is -0.507 e. The first-order valence-electron chi connectivity index (χ1n) is 9.16. The number of aromatic hydroxyl groups is 1. The van der Waals surface area contributed by atoms with Crippen molar-refractivity contribution in [3.63, 3.8) is 0 Å².